The molecule has 0 spiro atoms. The number of fused-ring (bicyclic) bond motifs is 3. The van der Waals surface area contributed by atoms with Crippen LogP contribution in [0.3, 0.4) is 0 Å². The largest absolute Gasteiger partial charge is 0.511 e. The number of aromatic hydroxyl groups is 1. The number of hydrogen-bond acceptors (Lipinski definition) is 11. The van der Waals surface area contributed by atoms with Crippen molar-refractivity contribution < 1.29 is 40.0 Å². The van der Waals surface area contributed by atoms with Crippen molar-refractivity contribution in [1.29, 1.82) is 0 Å². The molecule has 0 aromatic heterocycles. The zero-order valence-corrected chi connectivity index (χ0v) is 23.1. The van der Waals surface area contributed by atoms with Crippen molar-refractivity contribution in [3.8, 4) is 5.75 Å². The smallest absolute Gasteiger partial charge is 0.253 e. The molecule has 3 aliphatic rings. The summed E-state index contributed by atoms with van der Waals surface area (Å²) in [4.78, 5) is 34.6. The van der Waals surface area contributed by atoms with E-state index < -0.39 is 57.9 Å². The summed E-state index contributed by atoms with van der Waals surface area (Å²) in [6.45, 7) is 3.28. The van der Waals surface area contributed by atoms with E-state index in [1.165, 1.54) is 7.11 Å². The number of phenolic OH excluding ortho intramolecular Hbond substituents is 1. The zero-order valence-electron chi connectivity index (χ0n) is 23.1. The number of Topliss-reactive ketones (excluding diaryl/α,β-unsaturated/α-hetero) is 1. The van der Waals surface area contributed by atoms with E-state index in [-0.39, 0.29) is 35.3 Å². The van der Waals surface area contributed by atoms with Gasteiger partial charge in [-0.05, 0) is 51.4 Å². The third-order valence-electron chi connectivity index (χ3n) is 8.38. The second-order valence-corrected chi connectivity index (χ2v) is 11.3. The number of rotatable bonds is 5. The van der Waals surface area contributed by atoms with Gasteiger partial charge in [0.2, 0.25) is 5.79 Å². The number of oxime groups is 1. The van der Waals surface area contributed by atoms with E-state index >= 15 is 0 Å². The van der Waals surface area contributed by atoms with Crippen LogP contribution in [0.15, 0.2) is 33.9 Å². The third-order valence-corrected chi connectivity index (χ3v) is 8.38. The molecule has 3 unspecified atom stereocenters. The van der Waals surface area contributed by atoms with Crippen LogP contribution in [0.5, 0.6) is 5.75 Å². The number of aliphatic hydroxyl groups is 4. The maximum Gasteiger partial charge on any atom is 0.253 e. The minimum absolute atomic E-state index is 0.0294. The van der Waals surface area contributed by atoms with Crippen LogP contribution in [0.1, 0.15) is 41.8 Å². The van der Waals surface area contributed by atoms with Gasteiger partial charge in [-0.15, -0.1) is 0 Å². The molecular weight excluding hydrogens is 508 g/mol. The predicted molar refractivity (Wildman–Crippen MR) is 143 cm³/mol. The van der Waals surface area contributed by atoms with Gasteiger partial charge >= 0.3 is 0 Å². The van der Waals surface area contributed by atoms with Crippen molar-refractivity contribution in [1.82, 2.24) is 4.90 Å². The second-order valence-electron chi connectivity index (χ2n) is 11.3. The van der Waals surface area contributed by atoms with Crippen molar-refractivity contribution in [2.75, 3.05) is 40.2 Å². The first-order chi connectivity index (χ1) is 18.0. The van der Waals surface area contributed by atoms with Crippen LogP contribution in [0.2, 0.25) is 0 Å². The monoisotopic (exact) mass is 544 g/mol. The molecule has 0 bridgehead atoms. The topological polar surface area (TPSA) is 189 Å². The summed E-state index contributed by atoms with van der Waals surface area (Å²) in [5.41, 5.74) is 5.05. The number of primary amides is 1. The van der Waals surface area contributed by atoms with E-state index in [9.17, 15) is 35.1 Å². The number of anilines is 1. The van der Waals surface area contributed by atoms with E-state index in [0.717, 1.165) is 0 Å². The number of amides is 1. The van der Waals surface area contributed by atoms with E-state index in [1.807, 2.05) is 0 Å². The minimum Gasteiger partial charge on any atom is -0.511 e. The van der Waals surface area contributed by atoms with Crippen LogP contribution in [0.4, 0.5) is 5.69 Å². The zero-order chi connectivity index (χ0) is 29.4. The van der Waals surface area contributed by atoms with E-state index in [1.54, 1.807) is 57.9 Å². The lowest BCUT2D eigenvalue weighted by molar-refractivity contribution is -0.221. The molecule has 212 valence electrons. The summed E-state index contributed by atoms with van der Waals surface area (Å²) >= 11 is 0. The van der Waals surface area contributed by atoms with E-state index in [2.05, 4.69) is 5.16 Å². The Balaban J connectivity index is 2.03. The number of ketones is 1. The number of carbonyl (C=O) groups excluding carboxylic acids is 2. The Hall–Kier alpha value is -3.61. The molecule has 4 rings (SSSR count). The molecule has 1 aromatic rings. The van der Waals surface area contributed by atoms with Gasteiger partial charge in [-0.3, -0.25) is 14.5 Å². The number of nitrogens with two attached hydrogens (primary N) is 1. The minimum atomic E-state index is -3.07. The Bertz CT molecular complexity index is 1360. The van der Waals surface area contributed by atoms with Gasteiger partial charge in [-0.1, -0.05) is 12.1 Å². The van der Waals surface area contributed by atoms with Gasteiger partial charge in [-0.25, -0.2) is 0 Å². The molecule has 39 heavy (non-hydrogen) atoms. The fourth-order valence-corrected chi connectivity index (χ4v) is 7.14. The van der Waals surface area contributed by atoms with Crippen molar-refractivity contribution >= 4 is 23.1 Å². The quantitative estimate of drug-likeness (QED) is 0.177. The standard InChI is InChI=1S/C27H36N4O8/c1-11(29-39-7)13-9-15(30(3)4)14-8-12-10-26(2)23(21(34)16(12)20(33)17(14)19(13)32)27(37,38)18(25(28)36)22(35)24(26)31(5)6/h9,12,23-24,32,34-35,37-38H,8,10H2,1-7H3,(H2,28,36)/b29-11+/t12?,23?,24-,26?/m1/s1. The fraction of sp³-hybridized carbons (Fsp3) is 0.519. The van der Waals surface area contributed by atoms with Crippen molar-refractivity contribution in [2.45, 2.75) is 38.5 Å². The molecule has 7 N–H and O–H groups in total. The summed E-state index contributed by atoms with van der Waals surface area (Å²) in [5.74, 6) is -8.74. The highest BCUT2D eigenvalue weighted by Gasteiger charge is 2.66. The molecule has 0 radical (unpaired) electrons. The maximum atomic E-state index is 14.1. The molecule has 12 heteroatoms. The summed E-state index contributed by atoms with van der Waals surface area (Å²) in [7, 11) is 8.25. The number of nitrogens with zero attached hydrogens (tertiary/aromatic N) is 3. The number of carbonyl (C=O) groups is 2. The second kappa shape index (κ2) is 9.25. The number of phenols is 1. The molecule has 3 aliphatic carbocycles. The van der Waals surface area contributed by atoms with Crippen LogP contribution < -0.4 is 10.6 Å². The lowest BCUT2D eigenvalue weighted by Gasteiger charge is -2.57. The Morgan fingerprint density at radius 1 is 1.15 bits per heavy atom. The van der Waals surface area contributed by atoms with Gasteiger partial charge in [0, 0.05) is 36.3 Å². The maximum absolute atomic E-state index is 14.1. The Morgan fingerprint density at radius 3 is 2.28 bits per heavy atom. The van der Waals surface area contributed by atoms with Crippen molar-refractivity contribution in [3.63, 3.8) is 0 Å². The average molecular weight is 545 g/mol. The van der Waals surface area contributed by atoms with Gasteiger partial charge < -0.3 is 41.0 Å². The number of aliphatic hydroxyl groups excluding tert-OH is 2. The molecule has 0 fully saturated rings. The normalized spacial score (nSPS) is 28.2. The molecule has 12 nitrogen and oxygen atoms in total. The van der Waals surface area contributed by atoms with Gasteiger partial charge in [-0.2, -0.15) is 0 Å². The first-order valence-electron chi connectivity index (χ1n) is 12.5. The summed E-state index contributed by atoms with van der Waals surface area (Å²) in [5, 5.41) is 60.4. The SMILES string of the molecule is CO/N=C(\C)c1cc(N(C)C)c2c(c1O)C(=O)C1=C(O)C3C(O)(O)C(C(N)=O)=C(O)[C@@H](N(C)C)C3(C)CC1C2. The lowest BCUT2D eigenvalue weighted by atomic mass is 9.52. The number of hydrogen-bond donors (Lipinski definition) is 6. The number of benzene rings is 1. The Labute approximate surface area is 226 Å². The lowest BCUT2D eigenvalue weighted by Crippen LogP contribution is -2.65. The average Bonchev–Trinajstić information content (AvgIpc) is 2.76. The summed E-state index contributed by atoms with van der Waals surface area (Å²) in [6, 6.07) is 0.777. The highest BCUT2D eigenvalue weighted by Crippen LogP contribution is 2.60. The molecule has 0 heterocycles. The van der Waals surface area contributed by atoms with Gasteiger partial charge in [0.15, 0.2) is 5.78 Å². The first kappa shape index (κ1) is 28.4. The van der Waals surface area contributed by atoms with Crippen molar-refractivity contribution in [3.05, 3.63) is 45.4 Å². The van der Waals surface area contributed by atoms with Crippen LogP contribution in [-0.2, 0) is 16.1 Å². The molecule has 0 aliphatic heterocycles. The highest BCUT2D eigenvalue weighted by molar-refractivity contribution is 6.17. The predicted octanol–water partition coefficient (Wildman–Crippen LogP) is 0.944. The molecule has 1 amide bonds. The summed E-state index contributed by atoms with van der Waals surface area (Å²) in [6.07, 6.45) is 0.380. The Kier molecular flexibility index (Phi) is 6.73. The van der Waals surface area contributed by atoms with Gasteiger partial charge in [0.05, 0.1) is 23.2 Å². The molecule has 1 aromatic carbocycles. The van der Waals surface area contributed by atoms with E-state index in [4.69, 9.17) is 10.6 Å². The Morgan fingerprint density at radius 2 is 1.77 bits per heavy atom. The summed E-state index contributed by atoms with van der Waals surface area (Å²) < 4.78 is 0. The fourth-order valence-electron chi connectivity index (χ4n) is 7.14. The molecular formula is C27H36N4O8. The van der Waals surface area contributed by atoms with Crippen LogP contribution in [-0.4, -0.2) is 95.0 Å². The first-order valence-corrected chi connectivity index (χ1v) is 12.5. The molecule has 4 atom stereocenters. The van der Waals surface area contributed by atoms with Gasteiger partial charge in [0.25, 0.3) is 5.91 Å². The van der Waals surface area contributed by atoms with Crippen LogP contribution >= 0.6 is 0 Å². The van der Waals surface area contributed by atoms with Crippen LogP contribution in [0, 0.1) is 17.3 Å². The van der Waals surface area contributed by atoms with Crippen molar-refractivity contribution in [2.24, 2.45) is 28.1 Å². The third kappa shape index (κ3) is 3.88. The number of allylic oxidation sites excluding steroid dienone is 1. The van der Waals surface area contributed by atoms with Crippen LogP contribution in [0.25, 0.3) is 0 Å². The van der Waals surface area contributed by atoms with Gasteiger partial charge in [0.1, 0.15) is 30.0 Å². The molecule has 0 saturated carbocycles. The number of likely N-dealkylation sites (N-methyl/N-ethyl adjacent to an activating group) is 1. The highest BCUT2D eigenvalue weighted by atomic mass is 16.6. The molecule has 0 saturated heterocycles. The van der Waals surface area contributed by atoms with E-state index in [0.29, 0.717) is 17.0 Å².